The summed E-state index contributed by atoms with van der Waals surface area (Å²) in [6, 6.07) is 0. The molecule has 0 rings (SSSR count). The Bertz CT molecular complexity index is 79.1. The zero-order chi connectivity index (χ0) is 9.23. The van der Waals surface area contributed by atoms with Gasteiger partial charge in [0.1, 0.15) is 0 Å². The van der Waals surface area contributed by atoms with E-state index in [9.17, 15) is 0 Å². The standard InChI is InChI=1S/C11H24O/c1-4-9-12-10-7-5-6-8-11(2)3/h11H,4-10H2,1-3H3. The highest BCUT2D eigenvalue weighted by molar-refractivity contribution is 4.46. The van der Waals surface area contributed by atoms with Crippen molar-refractivity contribution >= 4 is 0 Å². The maximum atomic E-state index is 5.39. The van der Waals surface area contributed by atoms with Crippen LogP contribution >= 0.6 is 0 Å². The Kier molecular flexibility index (Phi) is 9.02. The van der Waals surface area contributed by atoms with E-state index in [4.69, 9.17) is 4.74 Å². The van der Waals surface area contributed by atoms with Crippen molar-refractivity contribution in [3.63, 3.8) is 0 Å². The van der Waals surface area contributed by atoms with Crippen LogP contribution in [0.3, 0.4) is 0 Å². The molecule has 0 radical (unpaired) electrons. The van der Waals surface area contributed by atoms with Crippen LogP contribution in [0.2, 0.25) is 0 Å². The van der Waals surface area contributed by atoms with Gasteiger partial charge in [-0.3, -0.25) is 0 Å². The molecule has 0 aromatic carbocycles. The van der Waals surface area contributed by atoms with Gasteiger partial charge in [-0.05, 0) is 18.8 Å². The summed E-state index contributed by atoms with van der Waals surface area (Å²) >= 11 is 0. The topological polar surface area (TPSA) is 9.23 Å². The average Bonchev–Trinajstić information content (AvgIpc) is 2.02. The third kappa shape index (κ3) is 9.96. The molecule has 0 bridgehead atoms. The van der Waals surface area contributed by atoms with Crippen molar-refractivity contribution in [1.29, 1.82) is 0 Å². The fraction of sp³-hybridized carbons (Fsp3) is 1.00. The Labute approximate surface area is 77.5 Å². The molecule has 0 saturated carbocycles. The minimum absolute atomic E-state index is 0.863. The zero-order valence-electron chi connectivity index (χ0n) is 8.94. The summed E-state index contributed by atoms with van der Waals surface area (Å²) in [5.74, 6) is 0.863. The summed E-state index contributed by atoms with van der Waals surface area (Å²) in [4.78, 5) is 0. The van der Waals surface area contributed by atoms with E-state index in [1.807, 2.05) is 0 Å². The van der Waals surface area contributed by atoms with Gasteiger partial charge in [-0.25, -0.2) is 0 Å². The molecule has 0 aliphatic rings. The van der Waals surface area contributed by atoms with Gasteiger partial charge < -0.3 is 4.74 Å². The SMILES string of the molecule is CCCOCCCCCC(C)C. The molecule has 0 aliphatic carbocycles. The fourth-order valence-corrected chi connectivity index (χ4v) is 1.18. The molecule has 0 aromatic rings. The molecule has 0 spiro atoms. The first-order chi connectivity index (χ1) is 5.77. The molecule has 0 amide bonds. The largest absolute Gasteiger partial charge is 0.381 e. The normalized spacial score (nSPS) is 11.0. The van der Waals surface area contributed by atoms with Crippen LogP contribution in [0, 0.1) is 5.92 Å². The average molecular weight is 172 g/mol. The number of ether oxygens (including phenoxy) is 1. The Hall–Kier alpha value is -0.0400. The van der Waals surface area contributed by atoms with Crippen LogP contribution in [0.1, 0.15) is 52.9 Å². The van der Waals surface area contributed by atoms with Gasteiger partial charge in [0.2, 0.25) is 0 Å². The van der Waals surface area contributed by atoms with Crippen molar-refractivity contribution < 1.29 is 4.74 Å². The van der Waals surface area contributed by atoms with E-state index >= 15 is 0 Å². The number of hydrogen-bond acceptors (Lipinski definition) is 1. The molecule has 12 heavy (non-hydrogen) atoms. The molecule has 0 atom stereocenters. The highest BCUT2D eigenvalue weighted by atomic mass is 16.5. The minimum atomic E-state index is 0.863. The Morgan fingerprint density at radius 1 is 1.00 bits per heavy atom. The lowest BCUT2D eigenvalue weighted by Gasteiger charge is -2.04. The second-order valence-corrected chi connectivity index (χ2v) is 3.86. The minimum Gasteiger partial charge on any atom is -0.381 e. The van der Waals surface area contributed by atoms with E-state index in [0.29, 0.717) is 0 Å². The third-order valence-corrected chi connectivity index (χ3v) is 1.92. The van der Waals surface area contributed by atoms with Gasteiger partial charge in [-0.15, -0.1) is 0 Å². The third-order valence-electron chi connectivity index (χ3n) is 1.92. The monoisotopic (exact) mass is 172 g/mol. The van der Waals surface area contributed by atoms with Crippen LogP contribution < -0.4 is 0 Å². The number of unbranched alkanes of at least 4 members (excludes halogenated alkanes) is 2. The van der Waals surface area contributed by atoms with Crippen molar-refractivity contribution in [3.05, 3.63) is 0 Å². The molecule has 0 saturated heterocycles. The number of rotatable bonds is 8. The lowest BCUT2D eigenvalue weighted by atomic mass is 10.1. The zero-order valence-corrected chi connectivity index (χ0v) is 8.94. The van der Waals surface area contributed by atoms with Crippen molar-refractivity contribution in [3.8, 4) is 0 Å². The van der Waals surface area contributed by atoms with Gasteiger partial charge in [0, 0.05) is 13.2 Å². The molecule has 0 heterocycles. The Balaban J connectivity index is 2.82. The quantitative estimate of drug-likeness (QED) is 0.508. The van der Waals surface area contributed by atoms with Crippen LogP contribution in [0.5, 0.6) is 0 Å². The molecule has 0 aliphatic heterocycles. The van der Waals surface area contributed by atoms with Crippen molar-refractivity contribution in [2.24, 2.45) is 5.92 Å². The summed E-state index contributed by atoms with van der Waals surface area (Å²) < 4.78 is 5.39. The van der Waals surface area contributed by atoms with Crippen molar-refractivity contribution in [1.82, 2.24) is 0 Å². The lowest BCUT2D eigenvalue weighted by molar-refractivity contribution is 0.130. The Morgan fingerprint density at radius 2 is 1.75 bits per heavy atom. The van der Waals surface area contributed by atoms with Crippen LogP contribution in [0.25, 0.3) is 0 Å². The summed E-state index contributed by atoms with van der Waals surface area (Å²) in [6.45, 7) is 8.62. The van der Waals surface area contributed by atoms with E-state index in [0.717, 1.165) is 25.6 Å². The first kappa shape index (κ1) is 12.0. The van der Waals surface area contributed by atoms with Crippen LogP contribution in [0.15, 0.2) is 0 Å². The second-order valence-electron chi connectivity index (χ2n) is 3.86. The predicted molar refractivity (Wildman–Crippen MR) is 54.4 cm³/mol. The van der Waals surface area contributed by atoms with E-state index in [1.165, 1.54) is 25.7 Å². The molecular weight excluding hydrogens is 148 g/mol. The van der Waals surface area contributed by atoms with Crippen molar-refractivity contribution in [2.75, 3.05) is 13.2 Å². The molecule has 1 heteroatoms. The molecule has 1 nitrogen and oxygen atoms in total. The molecule has 0 unspecified atom stereocenters. The second kappa shape index (κ2) is 9.05. The van der Waals surface area contributed by atoms with E-state index in [2.05, 4.69) is 20.8 Å². The van der Waals surface area contributed by atoms with Gasteiger partial charge in [-0.1, -0.05) is 40.0 Å². The molecule has 0 fully saturated rings. The molecular formula is C11H24O. The summed E-state index contributed by atoms with van der Waals surface area (Å²) in [5, 5.41) is 0. The Morgan fingerprint density at radius 3 is 2.33 bits per heavy atom. The maximum absolute atomic E-state index is 5.39. The molecule has 0 aromatic heterocycles. The highest BCUT2D eigenvalue weighted by Crippen LogP contribution is 2.07. The first-order valence-electron chi connectivity index (χ1n) is 5.35. The fourth-order valence-electron chi connectivity index (χ4n) is 1.18. The molecule has 74 valence electrons. The van der Waals surface area contributed by atoms with E-state index in [-0.39, 0.29) is 0 Å². The van der Waals surface area contributed by atoms with Gasteiger partial charge in [0.15, 0.2) is 0 Å². The smallest absolute Gasteiger partial charge is 0.0466 e. The van der Waals surface area contributed by atoms with Gasteiger partial charge >= 0.3 is 0 Å². The van der Waals surface area contributed by atoms with Gasteiger partial charge in [0.05, 0.1) is 0 Å². The maximum Gasteiger partial charge on any atom is 0.0466 e. The predicted octanol–water partition coefficient (Wildman–Crippen LogP) is 3.63. The first-order valence-corrected chi connectivity index (χ1v) is 5.35. The van der Waals surface area contributed by atoms with Crippen LogP contribution in [0.4, 0.5) is 0 Å². The summed E-state index contributed by atoms with van der Waals surface area (Å²) in [5.41, 5.74) is 0. The van der Waals surface area contributed by atoms with Crippen molar-refractivity contribution in [2.45, 2.75) is 52.9 Å². The van der Waals surface area contributed by atoms with Gasteiger partial charge in [0.25, 0.3) is 0 Å². The summed E-state index contributed by atoms with van der Waals surface area (Å²) in [7, 11) is 0. The van der Waals surface area contributed by atoms with Gasteiger partial charge in [-0.2, -0.15) is 0 Å². The number of hydrogen-bond donors (Lipinski definition) is 0. The van der Waals surface area contributed by atoms with Crippen LogP contribution in [-0.2, 0) is 4.74 Å². The lowest BCUT2D eigenvalue weighted by Crippen LogP contribution is -1.96. The highest BCUT2D eigenvalue weighted by Gasteiger charge is 1.93. The summed E-state index contributed by atoms with van der Waals surface area (Å²) in [6.07, 6.45) is 6.46. The van der Waals surface area contributed by atoms with Crippen LogP contribution in [-0.4, -0.2) is 13.2 Å². The van der Waals surface area contributed by atoms with E-state index in [1.54, 1.807) is 0 Å². The van der Waals surface area contributed by atoms with E-state index < -0.39 is 0 Å². The molecule has 0 N–H and O–H groups in total.